The van der Waals surface area contributed by atoms with Gasteiger partial charge in [-0.15, -0.1) is 0 Å². The zero-order valence-electron chi connectivity index (χ0n) is 9.03. The molecule has 0 bridgehead atoms. The maximum atomic E-state index is 11.7. The molecule has 0 heterocycles. The highest BCUT2D eigenvalue weighted by atomic mass is 79.9. The van der Waals surface area contributed by atoms with E-state index in [0.29, 0.717) is 17.9 Å². The molecule has 5 heteroatoms. The fourth-order valence-electron chi connectivity index (χ4n) is 1.22. The smallest absolute Gasteiger partial charge is 0.252 e. The molecule has 1 aromatic carbocycles. The van der Waals surface area contributed by atoms with Crippen LogP contribution in [0.5, 0.6) is 0 Å². The Morgan fingerprint density at radius 2 is 2.12 bits per heavy atom. The molecule has 0 saturated heterocycles. The Bertz CT molecular complexity index is 395. The quantitative estimate of drug-likeness (QED) is 0.845. The van der Waals surface area contributed by atoms with E-state index in [1.807, 2.05) is 18.2 Å². The number of hydrogen-bond donors (Lipinski definition) is 1. The number of carbonyl (C=O) groups is 1. The van der Waals surface area contributed by atoms with Crippen molar-refractivity contribution in [2.45, 2.75) is 6.42 Å². The van der Waals surface area contributed by atoms with Gasteiger partial charge < -0.3 is 5.32 Å². The van der Waals surface area contributed by atoms with E-state index in [9.17, 15) is 9.00 Å². The van der Waals surface area contributed by atoms with Gasteiger partial charge >= 0.3 is 0 Å². The zero-order chi connectivity index (χ0) is 12.0. The number of nitrogens with one attached hydrogen (secondary N) is 1. The van der Waals surface area contributed by atoms with Gasteiger partial charge in [0, 0.05) is 33.8 Å². The molecule has 0 aliphatic rings. The number of rotatable bonds is 5. The lowest BCUT2D eigenvalue weighted by molar-refractivity contribution is 0.0953. The first-order valence-electron chi connectivity index (χ1n) is 4.94. The molecule has 1 rings (SSSR count). The van der Waals surface area contributed by atoms with Gasteiger partial charge in [0.05, 0.1) is 5.56 Å². The van der Waals surface area contributed by atoms with Gasteiger partial charge in [0.15, 0.2) is 0 Å². The van der Waals surface area contributed by atoms with Crippen LogP contribution in [0.1, 0.15) is 16.8 Å². The molecule has 0 fully saturated rings. The van der Waals surface area contributed by atoms with Gasteiger partial charge in [-0.25, -0.2) is 0 Å². The molecule has 0 aromatic heterocycles. The number of benzene rings is 1. The van der Waals surface area contributed by atoms with Crippen molar-refractivity contribution in [1.82, 2.24) is 5.32 Å². The second kappa shape index (κ2) is 6.81. The summed E-state index contributed by atoms with van der Waals surface area (Å²) >= 11 is 3.32. The summed E-state index contributed by atoms with van der Waals surface area (Å²) in [5, 5.41) is 2.79. The Labute approximate surface area is 106 Å². The van der Waals surface area contributed by atoms with Gasteiger partial charge in [-0.05, 0) is 34.5 Å². The van der Waals surface area contributed by atoms with Gasteiger partial charge in [-0.1, -0.05) is 12.1 Å². The third-order valence-corrected chi connectivity index (χ3v) is 3.57. The Morgan fingerprint density at radius 1 is 1.44 bits per heavy atom. The lowest BCUT2D eigenvalue weighted by Crippen LogP contribution is -2.25. The summed E-state index contributed by atoms with van der Waals surface area (Å²) in [7, 11) is -0.790. The molecule has 1 atom stereocenters. The van der Waals surface area contributed by atoms with Crippen LogP contribution in [-0.2, 0) is 10.8 Å². The summed E-state index contributed by atoms with van der Waals surface area (Å²) in [5.74, 6) is 0.519. The van der Waals surface area contributed by atoms with Crippen molar-refractivity contribution in [3.63, 3.8) is 0 Å². The van der Waals surface area contributed by atoms with Crippen LogP contribution in [0.4, 0.5) is 0 Å². The van der Waals surface area contributed by atoms with Gasteiger partial charge in [0.1, 0.15) is 0 Å². The van der Waals surface area contributed by atoms with Crippen LogP contribution in [0.15, 0.2) is 28.7 Å². The molecular formula is C11H14BrNO2S. The molecular weight excluding hydrogens is 290 g/mol. The minimum absolute atomic E-state index is 0.102. The summed E-state index contributed by atoms with van der Waals surface area (Å²) in [6, 6.07) is 7.27. The SMILES string of the molecule is CS(=O)CCCNC(=O)c1ccccc1Br. The monoisotopic (exact) mass is 303 g/mol. The summed E-state index contributed by atoms with van der Waals surface area (Å²) in [4.78, 5) is 11.7. The molecule has 16 heavy (non-hydrogen) atoms. The molecule has 1 N–H and O–H groups in total. The van der Waals surface area contributed by atoms with Crippen LogP contribution >= 0.6 is 15.9 Å². The highest BCUT2D eigenvalue weighted by Crippen LogP contribution is 2.15. The van der Waals surface area contributed by atoms with Crippen LogP contribution in [0.25, 0.3) is 0 Å². The second-order valence-corrected chi connectivity index (χ2v) is 5.78. The van der Waals surface area contributed by atoms with E-state index < -0.39 is 10.8 Å². The van der Waals surface area contributed by atoms with E-state index >= 15 is 0 Å². The molecule has 0 aliphatic heterocycles. The van der Waals surface area contributed by atoms with Crippen LogP contribution in [-0.4, -0.2) is 28.7 Å². The molecule has 1 aromatic rings. The molecule has 88 valence electrons. The van der Waals surface area contributed by atoms with E-state index in [1.54, 1.807) is 12.3 Å². The molecule has 3 nitrogen and oxygen atoms in total. The van der Waals surface area contributed by atoms with E-state index in [-0.39, 0.29) is 5.91 Å². The van der Waals surface area contributed by atoms with E-state index in [1.165, 1.54) is 0 Å². The summed E-state index contributed by atoms with van der Waals surface area (Å²) in [5.41, 5.74) is 0.625. The van der Waals surface area contributed by atoms with Crippen molar-refractivity contribution in [2.75, 3.05) is 18.6 Å². The molecule has 1 unspecified atom stereocenters. The summed E-state index contributed by atoms with van der Waals surface area (Å²) in [6.07, 6.45) is 2.40. The van der Waals surface area contributed by atoms with Crippen LogP contribution in [0, 0.1) is 0 Å². The summed E-state index contributed by atoms with van der Waals surface area (Å²) < 4.78 is 11.6. The predicted molar refractivity (Wildman–Crippen MR) is 70.0 cm³/mol. The number of amides is 1. The molecule has 0 aliphatic carbocycles. The topological polar surface area (TPSA) is 46.2 Å². The van der Waals surface area contributed by atoms with Crippen LogP contribution in [0.3, 0.4) is 0 Å². The largest absolute Gasteiger partial charge is 0.352 e. The molecule has 1 amide bonds. The maximum absolute atomic E-state index is 11.7. The fraction of sp³-hybridized carbons (Fsp3) is 0.364. The number of halogens is 1. The average Bonchev–Trinajstić information content (AvgIpc) is 2.24. The third kappa shape index (κ3) is 4.45. The van der Waals surface area contributed by atoms with Crippen LogP contribution < -0.4 is 5.32 Å². The Kier molecular flexibility index (Phi) is 5.69. The van der Waals surface area contributed by atoms with Crippen molar-refractivity contribution in [3.8, 4) is 0 Å². The van der Waals surface area contributed by atoms with Gasteiger partial charge in [0.2, 0.25) is 0 Å². The highest BCUT2D eigenvalue weighted by Gasteiger charge is 2.07. The standard InChI is InChI=1S/C11H14BrNO2S/c1-16(15)8-4-7-13-11(14)9-5-2-3-6-10(9)12/h2-3,5-6H,4,7-8H2,1H3,(H,13,14). The van der Waals surface area contributed by atoms with E-state index in [2.05, 4.69) is 21.2 Å². The van der Waals surface area contributed by atoms with Gasteiger partial charge in [0.25, 0.3) is 5.91 Å². The lowest BCUT2D eigenvalue weighted by atomic mass is 10.2. The highest BCUT2D eigenvalue weighted by molar-refractivity contribution is 9.10. The molecule has 0 spiro atoms. The van der Waals surface area contributed by atoms with Gasteiger partial charge in [-0.3, -0.25) is 9.00 Å². The Hall–Kier alpha value is -0.680. The summed E-state index contributed by atoms with van der Waals surface area (Å²) in [6.45, 7) is 0.555. The minimum atomic E-state index is -0.790. The minimum Gasteiger partial charge on any atom is -0.352 e. The fourth-order valence-corrected chi connectivity index (χ4v) is 2.23. The number of carbonyl (C=O) groups excluding carboxylic acids is 1. The first-order chi connectivity index (χ1) is 7.61. The Morgan fingerprint density at radius 3 is 2.75 bits per heavy atom. The van der Waals surface area contributed by atoms with Crippen molar-refractivity contribution in [1.29, 1.82) is 0 Å². The Balaban J connectivity index is 2.41. The lowest BCUT2D eigenvalue weighted by Gasteiger charge is -2.05. The maximum Gasteiger partial charge on any atom is 0.252 e. The second-order valence-electron chi connectivity index (χ2n) is 3.37. The van der Waals surface area contributed by atoms with Crippen LogP contribution in [0.2, 0.25) is 0 Å². The first kappa shape index (κ1) is 13.4. The molecule has 0 radical (unpaired) electrons. The zero-order valence-corrected chi connectivity index (χ0v) is 11.4. The van der Waals surface area contributed by atoms with Crippen molar-refractivity contribution in [2.24, 2.45) is 0 Å². The third-order valence-electron chi connectivity index (χ3n) is 2.01. The van der Waals surface area contributed by atoms with Gasteiger partial charge in [-0.2, -0.15) is 0 Å². The molecule has 0 saturated carbocycles. The van der Waals surface area contributed by atoms with Crippen molar-refractivity contribution in [3.05, 3.63) is 34.3 Å². The average molecular weight is 304 g/mol. The van der Waals surface area contributed by atoms with Crippen molar-refractivity contribution < 1.29 is 9.00 Å². The number of hydrogen-bond acceptors (Lipinski definition) is 2. The predicted octanol–water partition coefficient (Wildman–Crippen LogP) is 1.95. The first-order valence-corrected chi connectivity index (χ1v) is 7.46. The van der Waals surface area contributed by atoms with E-state index in [4.69, 9.17) is 0 Å². The van der Waals surface area contributed by atoms with Crippen molar-refractivity contribution >= 4 is 32.6 Å². The van der Waals surface area contributed by atoms with E-state index in [0.717, 1.165) is 10.9 Å². The normalized spacial score (nSPS) is 12.1.